The molecule has 2 aromatic rings. The smallest absolute Gasteiger partial charge is 0.259 e. The SMILES string of the molecule is Cc1onc(-c2ccccc2Cl)c1C(=O)N1CCN([C@@H]2CCS(=O)(=O)C2)CC1. The summed E-state index contributed by atoms with van der Waals surface area (Å²) in [5.41, 5.74) is 1.56. The van der Waals surface area contributed by atoms with E-state index in [9.17, 15) is 13.2 Å². The molecule has 0 saturated carbocycles. The average Bonchev–Trinajstić information content (AvgIpc) is 3.24. The van der Waals surface area contributed by atoms with Crippen molar-refractivity contribution >= 4 is 27.3 Å². The minimum atomic E-state index is -2.91. The zero-order valence-corrected chi connectivity index (χ0v) is 17.2. The van der Waals surface area contributed by atoms with Gasteiger partial charge >= 0.3 is 0 Å². The topological polar surface area (TPSA) is 83.7 Å². The first-order valence-corrected chi connectivity index (χ1v) is 11.5. The Labute approximate surface area is 169 Å². The summed E-state index contributed by atoms with van der Waals surface area (Å²) in [7, 11) is -2.91. The summed E-state index contributed by atoms with van der Waals surface area (Å²) < 4.78 is 28.8. The number of nitrogens with zero attached hydrogens (tertiary/aromatic N) is 3. The van der Waals surface area contributed by atoms with Gasteiger partial charge in [-0.15, -0.1) is 0 Å². The van der Waals surface area contributed by atoms with Crippen LogP contribution in [0.25, 0.3) is 11.3 Å². The predicted octanol–water partition coefficient (Wildman–Crippen LogP) is 2.25. The Morgan fingerprint density at radius 1 is 1.21 bits per heavy atom. The highest BCUT2D eigenvalue weighted by molar-refractivity contribution is 7.91. The second-order valence-corrected chi connectivity index (χ2v) is 9.96. The molecule has 2 fully saturated rings. The first-order valence-electron chi connectivity index (χ1n) is 9.30. The molecule has 2 aliphatic rings. The van der Waals surface area contributed by atoms with Crippen LogP contribution in [0.4, 0.5) is 0 Å². The molecule has 0 bridgehead atoms. The third-order valence-corrected chi connectivity index (χ3v) is 7.61. The van der Waals surface area contributed by atoms with E-state index in [1.165, 1.54) is 0 Å². The number of amides is 1. The van der Waals surface area contributed by atoms with Gasteiger partial charge in [-0.1, -0.05) is 35.0 Å². The van der Waals surface area contributed by atoms with Crippen LogP contribution in [-0.4, -0.2) is 73.0 Å². The van der Waals surface area contributed by atoms with E-state index in [1.807, 2.05) is 18.2 Å². The van der Waals surface area contributed by atoms with Crippen LogP contribution in [0.2, 0.25) is 5.02 Å². The van der Waals surface area contributed by atoms with Crippen LogP contribution in [0.15, 0.2) is 28.8 Å². The van der Waals surface area contributed by atoms with Gasteiger partial charge in [0.2, 0.25) is 0 Å². The summed E-state index contributed by atoms with van der Waals surface area (Å²) in [6.07, 6.45) is 0.678. The number of carbonyl (C=O) groups is 1. The Balaban J connectivity index is 1.50. The lowest BCUT2D eigenvalue weighted by Crippen LogP contribution is -2.52. The molecule has 7 nitrogen and oxygen atoms in total. The summed E-state index contributed by atoms with van der Waals surface area (Å²) in [6.45, 7) is 4.14. The van der Waals surface area contributed by atoms with E-state index in [0.717, 1.165) is 0 Å². The Kier molecular flexibility index (Phi) is 5.20. The number of aromatic nitrogens is 1. The van der Waals surface area contributed by atoms with Crippen LogP contribution in [0.1, 0.15) is 22.5 Å². The fraction of sp³-hybridized carbons (Fsp3) is 0.474. The second kappa shape index (κ2) is 7.50. The Morgan fingerprint density at radius 3 is 2.57 bits per heavy atom. The lowest BCUT2D eigenvalue weighted by atomic mass is 10.0. The second-order valence-electron chi connectivity index (χ2n) is 7.33. The third-order valence-electron chi connectivity index (χ3n) is 5.53. The molecule has 0 aliphatic carbocycles. The molecule has 2 aliphatic heterocycles. The maximum Gasteiger partial charge on any atom is 0.259 e. The van der Waals surface area contributed by atoms with Crippen molar-refractivity contribution in [1.29, 1.82) is 0 Å². The van der Waals surface area contributed by atoms with Crippen LogP contribution in [0.5, 0.6) is 0 Å². The molecular weight excluding hydrogens is 402 g/mol. The zero-order chi connectivity index (χ0) is 19.9. The van der Waals surface area contributed by atoms with E-state index in [2.05, 4.69) is 10.1 Å². The highest BCUT2D eigenvalue weighted by atomic mass is 35.5. The van der Waals surface area contributed by atoms with Crippen LogP contribution < -0.4 is 0 Å². The fourth-order valence-electron chi connectivity index (χ4n) is 3.97. The van der Waals surface area contributed by atoms with Crippen molar-refractivity contribution in [2.75, 3.05) is 37.7 Å². The van der Waals surface area contributed by atoms with Crippen LogP contribution in [0, 0.1) is 6.92 Å². The van der Waals surface area contributed by atoms with E-state index in [-0.39, 0.29) is 23.5 Å². The van der Waals surface area contributed by atoms with Crippen molar-refractivity contribution in [2.24, 2.45) is 0 Å². The first kappa shape index (κ1) is 19.4. The van der Waals surface area contributed by atoms with Crippen molar-refractivity contribution in [3.05, 3.63) is 40.6 Å². The number of hydrogen-bond donors (Lipinski definition) is 0. The highest BCUT2D eigenvalue weighted by Gasteiger charge is 2.35. The molecule has 0 spiro atoms. The largest absolute Gasteiger partial charge is 0.360 e. The Morgan fingerprint density at radius 2 is 1.93 bits per heavy atom. The molecule has 28 heavy (non-hydrogen) atoms. The zero-order valence-electron chi connectivity index (χ0n) is 15.6. The Hall–Kier alpha value is -1.90. The molecule has 1 aromatic carbocycles. The average molecular weight is 424 g/mol. The number of hydrogen-bond acceptors (Lipinski definition) is 6. The van der Waals surface area contributed by atoms with Crippen LogP contribution >= 0.6 is 11.6 Å². The molecule has 0 unspecified atom stereocenters. The van der Waals surface area contributed by atoms with E-state index in [0.29, 0.717) is 60.2 Å². The van der Waals surface area contributed by atoms with Gasteiger partial charge in [0.15, 0.2) is 9.84 Å². The molecule has 4 rings (SSSR count). The van der Waals surface area contributed by atoms with Gasteiger partial charge < -0.3 is 9.42 Å². The summed E-state index contributed by atoms with van der Waals surface area (Å²) in [5.74, 6) is 0.817. The van der Waals surface area contributed by atoms with Gasteiger partial charge in [0, 0.05) is 37.8 Å². The molecule has 0 radical (unpaired) electrons. The maximum atomic E-state index is 13.2. The van der Waals surface area contributed by atoms with Gasteiger partial charge in [0.25, 0.3) is 5.91 Å². The number of halogens is 1. The summed E-state index contributed by atoms with van der Waals surface area (Å²) >= 11 is 6.28. The van der Waals surface area contributed by atoms with Crippen molar-refractivity contribution in [1.82, 2.24) is 15.0 Å². The van der Waals surface area contributed by atoms with Gasteiger partial charge in [0.1, 0.15) is 17.0 Å². The lowest BCUT2D eigenvalue weighted by Gasteiger charge is -2.37. The minimum absolute atomic E-state index is 0.0678. The van der Waals surface area contributed by atoms with Crippen LogP contribution in [0.3, 0.4) is 0 Å². The molecule has 2 saturated heterocycles. The van der Waals surface area contributed by atoms with E-state index in [4.69, 9.17) is 16.1 Å². The highest BCUT2D eigenvalue weighted by Crippen LogP contribution is 2.32. The van der Waals surface area contributed by atoms with Gasteiger partial charge in [-0.05, 0) is 19.4 Å². The van der Waals surface area contributed by atoms with Gasteiger partial charge in [0.05, 0.1) is 16.5 Å². The maximum absolute atomic E-state index is 13.2. The minimum Gasteiger partial charge on any atom is -0.360 e. The Bertz CT molecular complexity index is 996. The number of rotatable bonds is 3. The van der Waals surface area contributed by atoms with E-state index in [1.54, 1.807) is 17.9 Å². The van der Waals surface area contributed by atoms with Crippen molar-refractivity contribution in [3.8, 4) is 11.3 Å². The van der Waals surface area contributed by atoms with Crippen LogP contribution in [-0.2, 0) is 9.84 Å². The monoisotopic (exact) mass is 423 g/mol. The lowest BCUT2D eigenvalue weighted by molar-refractivity contribution is 0.0587. The van der Waals surface area contributed by atoms with E-state index >= 15 is 0 Å². The summed E-state index contributed by atoms with van der Waals surface area (Å²) in [5, 5.41) is 4.58. The molecule has 1 aromatic heterocycles. The molecule has 150 valence electrons. The standard InChI is InChI=1S/C19H22ClN3O4S/c1-13-17(18(21-27-13)15-4-2-3-5-16(15)20)19(24)23-9-7-22(8-10-23)14-6-11-28(25,26)12-14/h2-5,14H,6-12H2,1H3/t14-/m1/s1. The number of aryl methyl sites for hydroxylation is 1. The molecular formula is C19H22ClN3O4S. The van der Waals surface area contributed by atoms with Gasteiger partial charge in [-0.25, -0.2) is 8.42 Å². The molecule has 9 heteroatoms. The van der Waals surface area contributed by atoms with Gasteiger partial charge in [-0.2, -0.15) is 0 Å². The van der Waals surface area contributed by atoms with Crippen molar-refractivity contribution in [3.63, 3.8) is 0 Å². The molecule has 1 amide bonds. The fourth-order valence-corrected chi connectivity index (χ4v) is 5.96. The quantitative estimate of drug-likeness (QED) is 0.752. The third kappa shape index (κ3) is 3.68. The number of carbonyl (C=O) groups excluding carboxylic acids is 1. The number of sulfone groups is 1. The molecule has 0 N–H and O–H groups in total. The molecule has 3 heterocycles. The van der Waals surface area contributed by atoms with Crippen molar-refractivity contribution < 1.29 is 17.7 Å². The van der Waals surface area contributed by atoms with Crippen molar-refractivity contribution in [2.45, 2.75) is 19.4 Å². The summed E-state index contributed by atoms with van der Waals surface area (Å²) in [6, 6.07) is 7.30. The normalized spacial score (nSPS) is 22.5. The predicted molar refractivity (Wildman–Crippen MR) is 106 cm³/mol. The number of benzene rings is 1. The first-order chi connectivity index (χ1) is 13.4. The van der Waals surface area contributed by atoms with E-state index < -0.39 is 9.84 Å². The number of piperazine rings is 1. The summed E-state index contributed by atoms with van der Waals surface area (Å²) in [4.78, 5) is 17.1. The molecule has 1 atom stereocenters. The van der Waals surface area contributed by atoms with Gasteiger partial charge in [-0.3, -0.25) is 9.69 Å².